The molecule has 3 rings (SSSR count). The van der Waals surface area contributed by atoms with Crippen LogP contribution in [0.2, 0.25) is 0 Å². The van der Waals surface area contributed by atoms with Crippen molar-refractivity contribution in [1.82, 2.24) is 9.97 Å². The highest BCUT2D eigenvalue weighted by atomic mass is 19.1. The minimum atomic E-state index is -1.19. The first kappa shape index (κ1) is 18.5. The van der Waals surface area contributed by atoms with Crippen molar-refractivity contribution in [2.45, 2.75) is 19.8 Å². The van der Waals surface area contributed by atoms with E-state index >= 15 is 0 Å². The van der Waals surface area contributed by atoms with Crippen LogP contribution in [0.25, 0.3) is 22.5 Å². The molecular formula is C20H13F4N3. The van der Waals surface area contributed by atoms with E-state index in [1.165, 1.54) is 6.07 Å². The zero-order valence-electron chi connectivity index (χ0n) is 14.2. The third-order valence-corrected chi connectivity index (χ3v) is 3.99. The van der Waals surface area contributed by atoms with Crippen molar-refractivity contribution in [3.63, 3.8) is 0 Å². The average Bonchev–Trinajstić information content (AvgIpc) is 2.62. The normalized spacial score (nSPS) is 10.7. The predicted octanol–water partition coefficient (Wildman–Crippen LogP) is 5.19. The maximum absolute atomic E-state index is 14.5. The lowest BCUT2D eigenvalue weighted by molar-refractivity contribution is 0.573. The van der Waals surface area contributed by atoms with Crippen LogP contribution in [0.4, 0.5) is 17.6 Å². The summed E-state index contributed by atoms with van der Waals surface area (Å²) in [6.07, 6.45) is 4.87. The van der Waals surface area contributed by atoms with Crippen LogP contribution in [-0.2, 0) is 6.42 Å². The first-order valence-electron chi connectivity index (χ1n) is 8.14. The molecule has 0 aliphatic carbocycles. The highest BCUT2D eigenvalue weighted by Gasteiger charge is 2.19. The quantitative estimate of drug-likeness (QED) is 0.593. The average molecular weight is 371 g/mol. The Kier molecular flexibility index (Phi) is 5.17. The van der Waals surface area contributed by atoms with Crippen LogP contribution >= 0.6 is 0 Å². The fourth-order valence-corrected chi connectivity index (χ4v) is 2.72. The Bertz CT molecular complexity index is 994. The van der Waals surface area contributed by atoms with Gasteiger partial charge < -0.3 is 0 Å². The number of hydrogen-bond acceptors (Lipinski definition) is 3. The summed E-state index contributed by atoms with van der Waals surface area (Å²) in [6.45, 7) is 2.01. The Balaban J connectivity index is 2.05. The Hall–Kier alpha value is -3.27. The Morgan fingerprint density at radius 2 is 1.37 bits per heavy atom. The lowest BCUT2D eigenvalue weighted by atomic mass is 10.00. The van der Waals surface area contributed by atoms with Gasteiger partial charge in [-0.2, -0.15) is 5.26 Å². The van der Waals surface area contributed by atoms with Crippen molar-refractivity contribution in [2.75, 3.05) is 0 Å². The monoisotopic (exact) mass is 371 g/mol. The van der Waals surface area contributed by atoms with Crippen LogP contribution < -0.4 is 0 Å². The molecule has 0 atom stereocenters. The minimum Gasteiger partial charge on any atom is -0.236 e. The summed E-state index contributed by atoms with van der Waals surface area (Å²) >= 11 is 0. The summed E-state index contributed by atoms with van der Waals surface area (Å²) in [5.41, 5.74) is -0.737. The second-order valence-electron chi connectivity index (χ2n) is 5.91. The molecule has 0 N–H and O–H groups in total. The summed E-state index contributed by atoms with van der Waals surface area (Å²) in [4.78, 5) is 8.21. The summed E-state index contributed by atoms with van der Waals surface area (Å²) in [5, 5.41) is 8.69. The molecule has 0 aliphatic heterocycles. The van der Waals surface area contributed by atoms with Crippen molar-refractivity contribution >= 4 is 0 Å². The first-order chi connectivity index (χ1) is 12.9. The molecule has 0 saturated heterocycles. The molecule has 0 unspecified atom stereocenters. The fraction of sp³-hybridized carbons (Fsp3) is 0.150. The molecule has 1 heterocycles. The molecule has 0 saturated carbocycles. The van der Waals surface area contributed by atoms with Crippen LogP contribution in [0.3, 0.4) is 0 Å². The van der Waals surface area contributed by atoms with Crippen LogP contribution in [0.1, 0.15) is 24.5 Å². The molecule has 3 aromatic rings. The molecule has 7 heteroatoms. The molecule has 0 fully saturated rings. The number of rotatable bonds is 4. The largest absolute Gasteiger partial charge is 0.236 e. The van der Waals surface area contributed by atoms with E-state index in [-0.39, 0.29) is 17.0 Å². The van der Waals surface area contributed by atoms with E-state index in [0.29, 0.717) is 0 Å². The third-order valence-electron chi connectivity index (χ3n) is 3.99. The van der Waals surface area contributed by atoms with Crippen LogP contribution in [0.15, 0.2) is 36.7 Å². The van der Waals surface area contributed by atoms with E-state index in [2.05, 4.69) is 9.97 Å². The van der Waals surface area contributed by atoms with E-state index in [4.69, 9.17) is 5.26 Å². The van der Waals surface area contributed by atoms with Crippen molar-refractivity contribution in [2.24, 2.45) is 0 Å². The van der Waals surface area contributed by atoms with Crippen LogP contribution in [-0.4, -0.2) is 9.97 Å². The molecule has 1 aromatic heterocycles. The number of benzene rings is 2. The van der Waals surface area contributed by atoms with E-state index in [0.717, 1.165) is 42.7 Å². The summed E-state index contributed by atoms with van der Waals surface area (Å²) < 4.78 is 56.6. The van der Waals surface area contributed by atoms with E-state index in [9.17, 15) is 17.6 Å². The highest BCUT2D eigenvalue weighted by molar-refractivity contribution is 5.70. The zero-order chi connectivity index (χ0) is 19.6. The van der Waals surface area contributed by atoms with Gasteiger partial charge in [-0.25, -0.2) is 27.5 Å². The Morgan fingerprint density at radius 1 is 0.852 bits per heavy atom. The molecule has 136 valence electrons. The van der Waals surface area contributed by atoms with Gasteiger partial charge in [0.2, 0.25) is 0 Å². The van der Waals surface area contributed by atoms with Gasteiger partial charge in [-0.15, -0.1) is 0 Å². The van der Waals surface area contributed by atoms with Gasteiger partial charge in [-0.05, 0) is 41.8 Å². The molecule has 3 nitrogen and oxygen atoms in total. The standard InChI is InChI=1S/C20H13F4N3/c1-2-3-11-9-26-20(27-10-11)13-6-17(23)19(18(24)7-13)12-4-15(21)14(8-25)16(22)5-12/h4-7,9-10H,2-3H2,1H3. The van der Waals surface area contributed by atoms with Gasteiger partial charge in [0.1, 0.15) is 34.9 Å². The van der Waals surface area contributed by atoms with Crippen molar-refractivity contribution in [3.05, 3.63) is 71.1 Å². The lowest BCUT2D eigenvalue weighted by Gasteiger charge is -2.09. The predicted molar refractivity (Wildman–Crippen MR) is 91.4 cm³/mol. The molecule has 0 bridgehead atoms. The molecule has 0 aliphatic rings. The minimum absolute atomic E-state index is 0.103. The second-order valence-corrected chi connectivity index (χ2v) is 5.91. The van der Waals surface area contributed by atoms with Gasteiger partial charge in [0.25, 0.3) is 0 Å². The number of halogens is 4. The molecule has 27 heavy (non-hydrogen) atoms. The molecule has 0 amide bonds. The van der Waals surface area contributed by atoms with Crippen molar-refractivity contribution in [3.8, 4) is 28.6 Å². The second kappa shape index (κ2) is 7.54. The van der Waals surface area contributed by atoms with Crippen LogP contribution in [0.5, 0.6) is 0 Å². The first-order valence-corrected chi connectivity index (χ1v) is 8.14. The smallest absolute Gasteiger partial charge is 0.159 e. The number of nitrogens with zero attached hydrogens (tertiary/aromatic N) is 3. The summed E-state index contributed by atoms with van der Waals surface area (Å²) in [7, 11) is 0. The van der Waals surface area contributed by atoms with Gasteiger partial charge in [0.05, 0.1) is 5.56 Å². The van der Waals surface area contributed by atoms with Gasteiger partial charge in [-0.1, -0.05) is 13.3 Å². The number of hydrogen-bond donors (Lipinski definition) is 0. The Labute approximate surface area is 152 Å². The number of aryl methyl sites for hydroxylation is 1. The van der Waals surface area contributed by atoms with E-state index in [1.807, 2.05) is 6.92 Å². The lowest BCUT2D eigenvalue weighted by Crippen LogP contribution is -1.98. The fourth-order valence-electron chi connectivity index (χ4n) is 2.72. The van der Waals surface area contributed by atoms with Gasteiger partial charge >= 0.3 is 0 Å². The maximum atomic E-state index is 14.5. The summed E-state index contributed by atoms with van der Waals surface area (Å²) in [6, 6.07) is 4.81. The molecular weight excluding hydrogens is 358 g/mol. The van der Waals surface area contributed by atoms with E-state index < -0.39 is 34.4 Å². The summed E-state index contributed by atoms with van der Waals surface area (Å²) in [5.74, 6) is -4.28. The number of nitriles is 1. The zero-order valence-corrected chi connectivity index (χ0v) is 14.2. The van der Waals surface area contributed by atoms with Gasteiger partial charge in [0.15, 0.2) is 5.82 Å². The van der Waals surface area contributed by atoms with Gasteiger partial charge in [0, 0.05) is 18.0 Å². The molecule has 0 spiro atoms. The van der Waals surface area contributed by atoms with Gasteiger partial charge in [-0.3, -0.25) is 0 Å². The number of aromatic nitrogens is 2. The SMILES string of the molecule is CCCc1cnc(-c2cc(F)c(-c3cc(F)c(C#N)c(F)c3)c(F)c2)nc1. The Morgan fingerprint density at radius 3 is 1.85 bits per heavy atom. The third kappa shape index (κ3) is 3.65. The topological polar surface area (TPSA) is 49.6 Å². The molecule has 2 aromatic carbocycles. The van der Waals surface area contributed by atoms with Crippen molar-refractivity contribution < 1.29 is 17.6 Å². The molecule has 0 radical (unpaired) electrons. The highest BCUT2D eigenvalue weighted by Crippen LogP contribution is 2.31. The van der Waals surface area contributed by atoms with Crippen LogP contribution in [0, 0.1) is 34.6 Å². The maximum Gasteiger partial charge on any atom is 0.159 e. The van der Waals surface area contributed by atoms with Crippen molar-refractivity contribution in [1.29, 1.82) is 5.26 Å². The van der Waals surface area contributed by atoms with E-state index in [1.54, 1.807) is 12.4 Å².